The molecule has 156 valence electrons. The van der Waals surface area contributed by atoms with Gasteiger partial charge in [-0.15, -0.1) is 0 Å². The molecular weight excluding hydrogens is 382 g/mol. The summed E-state index contributed by atoms with van der Waals surface area (Å²) < 4.78 is 5.86. The van der Waals surface area contributed by atoms with Crippen molar-refractivity contribution in [3.05, 3.63) is 54.1 Å². The minimum Gasteiger partial charge on any atom is -0.476 e. The first-order chi connectivity index (χ1) is 14.5. The number of fused-ring (bicyclic) bond motifs is 1. The van der Waals surface area contributed by atoms with Crippen molar-refractivity contribution < 1.29 is 19.1 Å². The summed E-state index contributed by atoms with van der Waals surface area (Å²) in [5, 5.41) is 2.84. The van der Waals surface area contributed by atoms with Crippen molar-refractivity contribution in [1.29, 1.82) is 0 Å². The van der Waals surface area contributed by atoms with Gasteiger partial charge in [0.15, 0.2) is 6.10 Å². The van der Waals surface area contributed by atoms with Gasteiger partial charge in [0.25, 0.3) is 11.8 Å². The van der Waals surface area contributed by atoms with Crippen LogP contribution in [0.1, 0.15) is 36.5 Å². The molecule has 7 nitrogen and oxygen atoms in total. The molecule has 7 heteroatoms. The Hall–Kier alpha value is -3.35. The third-order valence-corrected chi connectivity index (χ3v) is 5.50. The highest BCUT2D eigenvalue weighted by Gasteiger charge is 2.33. The smallest absolute Gasteiger partial charge is 0.267 e. The number of rotatable bonds is 3. The van der Waals surface area contributed by atoms with Crippen molar-refractivity contribution in [3.8, 4) is 5.75 Å². The first-order valence-electron chi connectivity index (χ1n) is 10.3. The molecule has 1 N–H and O–H groups in total. The summed E-state index contributed by atoms with van der Waals surface area (Å²) in [6, 6.07) is 14.2. The van der Waals surface area contributed by atoms with Gasteiger partial charge in [0, 0.05) is 20.0 Å². The topological polar surface area (TPSA) is 79.0 Å². The largest absolute Gasteiger partial charge is 0.476 e. The Balaban J connectivity index is 1.53. The summed E-state index contributed by atoms with van der Waals surface area (Å²) in [7, 11) is 0. The number of nitrogens with zero attached hydrogens (tertiary/aromatic N) is 2. The highest BCUT2D eigenvalue weighted by Crippen LogP contribution is 2.33. The molecule has 2 aliphatic rings. The summed E-state index contributed by atoms with van der Waals surface area (Å²) in [5.41, 5.74) is 1.57. The minimum atomic E-state index is -0.873. The lowest BCUT2D eigenvalue weighted by Crippen LogP contribution is -2.48. The maximum absolute atomic E-state index is 13.0. The number of anilines is 2. The second-order valence-corrected chi connectivity index (χ2v) is 7.59. The van der Waals surface area contributed by atoms with Gasteiger partial charge in [0.05, 0.1) is 23.5 Å². The Morgan fingerprint density at radius 2 is 1.67 bits per heavy atom. The number of benzene rings is 2. The van der Waals surface area contributed by atoms with Crippen molar-refractivity contribution >= 4 is 29.1 Å². The Labute approximate surface area is 175 Å². The number of hydrogen-bond donors (Lipinski definition) is 1. The van der Waals surface area contributed by atoms with Gasteiger partial charge in [-0.1, -0.05) is 24.3 Å². The molecule has 2 aromatic carbocycles. The van der Waals surface area contributed by atoms with Crippen LogP contribution in [0.2, 0.25) is 0 Å². The second kappa shape index (κ2) is 8.57. The molecule has 2 aliphatic heterocycles. The molecular formula is C23H25N3O4. The number of likely N-dealkylation sites (tertiary alicyclic amines) is 1. The van der Waals surface area contributed by atoms with Crippen LogP contribution in [0.25, 0.3) is 0 Å². The predicted molar refractivity (Wildman–Crippen MR) is 114 cm³/mol. The number of carbonyl (C=O) groups excluding carboxylic acids is 3. The summed E-state index contributed by atoms with van der Waals surface area (Å²) >= 11 is 0. The highest BCUT2D eigenvalue weighted by molar-refractivity contribution is 6.05. The fourth-order valence-electron chi connectivity index (χ4n) is 3.93. The van der Waals surface area contributed by atoms with E-state index < -0.39 is 12.0 Å². The second-order valence-electron chi connectivity index (χ2n) is 7.59. The number of hydrogen-bond acceptors (Lipinski definition) is 4. The maximum atomic E-state index is 13.0. The lowest BCUT2D eigenvalue weighted by atomic mass is 10.1. The molecule has 2 heterocycles. The van der Waals surface area contributed by atoms with Gasteiger partial charge in [-0.3, -0.25) is 14.4 Å². The zero-order valence-electron chi connectivity index (χ0n) is 17.0. The van der Waals surface area contributed by atoms with Crippen molar-refractivity contribution in [2.45, 2.75) is 32.3 Å². The first kappa shape index (κ1) is 19.9. The normalized spacial score (nSPS) is 18.2. The molecule has 2 aromatic rings. The summed E-state index contributed by atoms with van der Waals surface area (Å²) in [4.78, 5) is 41.4. The van der Waals surface area contributed by atoms with E-state index in [4.69, 9.17) is 4.74 Å². The van der Waals surface area contributed by atoms with Crippen LogP contribution in [0, 0.1) is 0 Å². The molecule has 4 rings (SSSR count). The number of ether oxygens (including phenoxy) is 1. The van der Waals surface area contributed by atoms with Gasteiger partial charge in [0.1, 0.15) is 5.75 Å². The van der Waals surface area contributed by atoms with Gasteiger partial charge < -0.3 is 19.9 Å². The quantitative estimate of drug-likeness (QED) is 0.848. The Bertz CT molecular complexity index is 968. The Morgan fingerprint density at radius 1 is 0.967 bits per heavy atom. The van der Waals surface area contributed by atoms with Crippen LogP contribution in [0.5, 0.6) is 5.75 Å². The summed E-state index contributed by atoms with van der Waals surface area (Å²) in [6.07, 6.45) is 2.25. The monoisotopic (exact) mass is 407 g/mol. The molecule has 1 fully saturated rings. The number of para-hydroxylation sites is 3. The van der Waals surface area contributed by atoms with E-state index in [2.05, 4.69) is 5.32 Å². The lowest BCUT2D eigenvalue weighted by Gasteiger charge is -2.33. The molecule has 3 amide bonds. The zero-order valence-corrected chi connectivity index (χ0v) is 17.0. The van der Waals surface area contributed by atoms with Gasteiger partial charge in [-0.25, -0.2) is 0 Å². The van der Waals surface area contributed by atoms with E-state index in [0.717, 1.165) is 32.4 Å². The van der Waals surface area contributed by atoms with Gasteiger partial charge in [0.2, 0.25) is 5.91 Å². The number of amides is 3. The SMILES string of the molecule is CC(=O)N1CC(C(=O)Nc2ccccc2C(=O)N2CCCCC2)Oc2ccccc21. The van der Waals surface area contributed by atoms with Crippen LogP contribution in [-0.2, 0) is 9.59 Å². The summed E-state index contributed by atoms with van der Waals surface area (Å²) in [6.45, 7) is 3.04. The van der Waals surface area contributed by atoms with E-state index >= 15 is 0 Å². The molecule has 0 saturated carbocycles. The average Bonchev–Trinajstić information content (AvgIpc) is 2.78. The van der Waals surface area contributed by atoms with Gasteiger partial charge in [-0.2, -0.15) is 0 Å². The number of nitrogens with one attached hydrogen (secondary N) is 1. The average molecular weight is 407 g/mol. The third-order valence-electron chi connectivity index (χ3n) is 5.50. The van der Waals surface area contributed by atoms with E-state index in [-0.39, 0.29) is 18.4 Å². The van der Waals surface area contributed by atoms with Crippen molar-refractivity contribution in [1.82, 2.24) is 4.90 Å². The molecule has 0 radical (unpaired) electrons. The summed E-state index contributed by atoms with van der Waals surface area (Å²) in [5.74, 6) is -0.151. The standard InChI is InChI=1S/C23H25N3O4/c1-16(27)26-15-21(30-20-12-6-5-11-19(20)26)22(28)24-18-10-4-3-9-17(18)23(29)25-13-7-2-8-14-25/h3-6,9-12,21H,2,7-8,13-15H2,1H3,(H,24,28). The Morgan fingerprint density at radius 3 is 2.43 bits per heavy atom. The van der Waals surface area contributed by atoms with Crippen molar-refractivity contribution in [3.63, 3.8) is 0 Å². The van der Waals surface area contributed by atoms with E-state index in [9.17, 15) is 14.4 Å². The van der Waals surface area contributed by atoms with Gasteiger partial charge >= 0.3 is 0 Å². The molecule has 1 saturated heterocycles. The lowest BCUT2D eigenvalue weighted by molar-refractivity contribution is -0.123. The van der Waals surface area contributed by atoms with E-state index in [1.807, 2.05) is 11.0 Å². The minimum absolute atomic E-state index is 0.0779. The van der Waals surface area contributed by atoms with Crippen LogP contribution in [0.3, 0.4) is 0 Å². The van der Waals surface area contributed by atoms with Crippen LogP contribution in [0.15, 0.2) is 48.5 Å². The zero-order chi connectivity index (χ0) is 21.1. The van der Waals surface area contributed by atoms with Crippen LogP contribution >= 0.6 is 0 Å². The fourth-order valence-corrected chi connectivity index (χ4v) is 3.93. The molecule has 0 aromatic heterocycles. The Kier molecular flexibility index (Phi) is 5.70. The van der Waals surface area contributed by atoms with E-state index in [0.29, 0.717) is 22.7 Å². The number of piperidine rings is 1. The first-order valence-corrected chi connectivity index (χ1v) is 10.3. The molecule has 30 heavy (non-hydrogen) atoms. The molecule has 0 aliphatic carbocycles. The maximum Gasteiger partial charge on any atom is 0.267 e. The van der Waals surface area contributed by atoms with Crippen molar-refractivity contribution in [2.75, 3.05) is 29.9 Å². The predicted octanol–water partition coefficient (Wildman–Crippen LogP) is 3.07. The van der Waals surface area contributed by atoms with E-state index in [1.165, 1.54) is 11.8 Å². The number of carbonyl (C=O) groups is 3. The highest BCUT2D eigenvalue weighted by atomic mass is 16.5. The van der Waals surface area contributed by atoms with Gasteiger partial charge in [-0.05, 0) is 43.5 Å². The van der Waals surface area contributed by atoms with Crippen LogP contribution in [0.4, 0.5) is 11.4 Å². The third kappa shape index (κ3) is 4.01. The molecule has 0 spiro atoms. The molecule has 1 unspecified atom stereocenters. The molecule has 0 bridgehead atoms. The fraction of sp³-hybridized carbons (Fsp3) is 0.348. The van der Waals surface area contributed by atoms with Crippen LogP contribution < -0.4 is 15.0 Å². The van der Waals surface area contributed by atoms with Crippen molar-refractivity contribution in [2.24, 2.45) is 0 Å². The van der Waals surface area contributed by atoms with Crippen LogP contribution in [-0.4, -0.2) is 48.4 Å². The van der Waals surface area contributed by atoms with E-state index in [1.54, 1.807) is 42.5 Å². The molecule has 1 atom stereocenters.